The van der Waals surface area contributed by atoms with E-state index in [-0.39, 0.29) is 6.79 Å². The summed E-state index contributed by atoms with van der Waals surface area (Å²) in [5.74, 6) is 2.74. The molecule has 0 saturated carbocycles. The first-order valence-electron chi connectivity index (χ1n) is 9.40. The summed E-state index contributed by atoms with van der Waals surface area (Å²) in [6, 6.07) is 7.60. The smallest absolute Gasteiger partial charge is 0.232 e. The van der Waals surface area contributed by atoms with Gasteiger partial charge in [-0.25, -0.2) is 4.98 Å². The second-order valence-corrected chi connectivity index (χ2v) is 7.56. The lowest BCUT2D eigenvalue weighted by molar-refractivity contribution is 0.174. The zero-order chi connectivity index (χ0) is 19.3. The van der Waals surface area contributed by atoms with Gasteiger partial charge in [0, 0.05) is 25.7 Å². The van der Waals surface area contributed by atoms with Crippen molar-refractivity contribution in [1.29, 1.82) is 0 Å². The third-order valence-electron chi connectivity index (χ3n) is 4.73. The van der Waals surface area contributed by atoms with Crippen LogP contribution in [0.15, 0.2) is 24.3 Å². The fourth-order valence-corrected chi connectivity index (χ4v) is 3.64. The summed E-state index contributed by atoms with van der Waals surface area (Å²) in [4.78, 5) is 11.1. The first kappa shape index (κ1) is 19.0. The number of anilines is 2. The summed E-state index contributed by atoms with van der Waals surface area (Å²) in [5, 5.41) is 7.02. The highest BCUT2D eigenvalue weighted by Gasteiger charge is 2.15. The number of thiocarbonyl (C=S) groups is 1. The van der Waals surface area contributed by atoms with Crippen molar-refractivity contribution in [2.24, 2.45) is 0 Å². The minimum Gasteiger partial charge on any atom is -0.454 e. The average Bonchev–Trinajstić information content (AvgIpc) is 2.97. The lowest BCUT2D eigenvalue weighted by atomic mass is 10.2. The summed E-state index contributed by atoms with van der Waals surface area (Å²) in [6.45, 7) is 2.78. The minimum atomic E-state index is 0.262. The Morgan fingerprint density at radius 1 is 1.07 bits per heavy atom. The van der Waals surface area contributed by atoms with Gasteiger partial charge in [0.1, 0.15) is 11.0 Å². The van der Waals surface area contributed by atoms with Crippen molar-refractivity contribution in [1.82, 2.24) is 15.3 Å². The number of halogens is 1. The number of hydrogen-bond donors (Lipinski definition) is 2. The molecule has 0 bridgehead atoms. The van der Waals surface area contributed by atoms with Crippen molar-refractivity contribution in [2.45, 2.75) is 32.2 Å². The van der Waals surface area contributed by atoms with E-state index in [1.807, 2.05) is 18.2 Å². The van der Waals surface area contributed by atoms with E-state index in [2.05, 4.69) is 25.5 Å². The largest absolute Gasteiger partial charge is 0.454 e. The van der Waals surface area contributed by atoms with Crippen LogP contribution in [0.5, 0.6) is 11.5 Å². The molecule has 2 aromatic rings. The third kappa shape index (κ3) is 4.74. The van der Waals surface area contributed by atoms with Gasteiger partial charge in [-0.15, -0.1) is 0 Å². The Morgan fingerprint density at radius 2 is 1.86 bits per heavy atom. The van der Waals surface area contributed by atoms with Crippen LogP contribution in [0.25, 0.3) is 0 Å². The van der Waals surface area contributed by atoms with Crippen molar-refractivity contribution in [3.8, 4) is 11.5 Å². The summed E-state index contributed by atoms with van der Waals surface area (Å²) in [6.07, 6.45) is 4.85. The molecule has 4 rings (SSSR count). The standard InChI is InChI=1S/C19H22ClN5O2S/c20-16-10-17(25-7-3-1-2-4-8-25)23-18(22-16)24-19(28)21-11-13-5-6-14-15(9-13)27-12-26-14/h5-6,9-10H,1-4,7-8,11-12H2,(H2,21,22,23,24,28). The Bertz CT molecular complexity index is 858. The van der Waals surface area contributed by atoms with Crippen molar-refractivity contribution < 1.29 is 9.47 Å². The fourth-order valence-electron chi connectivity index (χ4n) is 3.30. The molecule has 0 atom stereocenters. The average molecular weight is 420 g/mol. The molecule has 1 aromatic heterocycles. The van der Waals surface area contributed by atoms with Crippen LogP contribution in [-0.2, 0) is 6.54 Å². The van der Waals surface area contributed by atoms with Gasteiger partial charge in [0.15, 0.2) is 16.6 Å². The van der Waals surface area contributed by atoms with Crippen molar-refractivity contribution in [3.05, 3.63) is 35.0 Å². The highest BCUT2D eigenvalue weighted by molar-refractivity contribution is 7.80. The lowest BCUT2D eigenvalue weighted by Crippen LogP contribution is -2.30. The molecule has 2 aliphatic heterocycles. The van der Waals surface area contributed by atoms with E-state index < -0.39 is 0 Å². The van der Waals surface area contributed by atoms with Gasteiger partial charge in [-0.1, -0.05) is 30.5 Å². The number of ether oxygens (including phenoxy) is 2. The van der Waals surface area contributed by atoms with Crippen LogP contribution in [0.3, 0.4) is 0 Å². The number of aromatic nitrogens is 2. The van der Waals surface area contributed by atoms with Gasteiger partial charge in [-0.2, -0.15) is 4.98 Å². The Morgan fingerprint density at radius 3 is 2.68 bits per heavy atom. The molecule has 1 fully saturated rings. The zero-order valence-electron chi connectivity index (χ0n) is 15.4. The Kier molecular flexibility index (Phi) is 5.97. The number of nitrogens with zero attached hydrogens (tertiary/aromatic N) is 3. The van der Waals surface area contributed by atoms with Gasteiger partial charge in [0.2, 0.25) is 12.7 Å². The number of benzene rings is 1. The predicted molar refractivity (Wildman–Crippen MR) is 113 cm³/mol. The highest BCUT2D eigenvalue weighted by atomic mass is 35.5. The maximum absolute atomic E-state index is 6.21. The van der Waals surface area contributed by atoms with Crippen molar-refractivity contribution in [2.75, 3.05) is 30.1 Å². The molecule has 28 heavy (non-hydrogen) atoms. The van der Waals surface area contributed by atoms with Gasteiger partial charge < -0.3 is 25.0 Å². The van der Waals surface area contributed by atoms with Crippen molar-refractivity contribution >= 4 is 40.7 Å². The van der Waals surface area contributed by atoms with E-state index in [1.54, 1.807) is 6.07 Å². The van der Waals surface area contributed by atoms with Crippen LogP contribution in [0, 0.1) is 0 Å². The van der Waals surface area contributed by atoms with E-state index in [4.69, 9.17) is 33.3 Å². The molecule has 0 aliphatic carbocycles. The van der Waals surface area contributed by atoms with Gasteiger partial charge in [-0.3, -0.25) is 0 Å². The predicted octanol–water partition coefficient (Wildman–Crippen LogP) is 3.73. The van der Waals surface area contributed by atoms with Crippen LogP contribution < -0.4 is 25.0 Å². The molecule has 1 saturated heterocycles. The third-order valence-corrected chi connectivity index (χ3v) is 5.17. The molecule has 2 aliphatic rings. The Labute approximate surface area is 174 Å². The highest BCUT2D eigenvalue weighted by Crippen LogP contribution is 2.32. The SMILES string of the molecule is S=C(NCc1ccc2c(c1)OCO2)Nc1nc(Cl)cc(N2CCCCCC2)n1. The van der Waals surface area contributed by atoms with Gasteiger partial charge in [0.05, 0.1) is 0 Å². The maximum Gasteiger partial charge on any atom is 0.232 e. The van der Waals surface area contributed by atoms with Crippen LogP contribution in [0.4, 0.5) is 11.8 Å². The molecule has 9 heteroatoms. The van der Waals surface area contributed by atoms with Crippen LogP contribution in [0.1, 0.15) is 31.2 Å². The summed E-state index contributed by atoms with van der Waals surface area (Å²) >= 11 is 11.6. The molecular formula is C19H22ClN5O2S. The molecule has 0 radical (unpaired) electrons. The monoisotopic (exact) mass is 419 g/mol. The first-order valence-corrected chi connectivity index (χ1v) is 10.2. The summed E-state index contributed by atoms with van der Waals surface area (Å²) in [5.41, 5.74) is 1.03. The van der Waals surface area contributed by atoms with Crippen molar-refractivity contribution in [3.63, 3.8) is 0 Å². The molecule has 0 amide bonds. The number of nitrogens with one attached hydrogen (secondary N) is 2. The number of fused-ring (bicyclic) bond motifs is 1. The van der Waals surface area contributed by atoms with Gasteiger partial charge in [0.25, 0.3) is 0 Å². The normalized spacial score (nSPS) is 15.8. The van der Waals surface area contributed by atoms with E-state index in [1.165, 1.54) is 25.7 Å². The van der Waals surface area contributed by atoms with Gasteiger partial charge in [-0.05, 0) is 42.8 Å². The van der Waals surface area contributed by atoms with E-state index in [9.17, 15) is 0 Å². The summed E-state index contributed by atoms with van der Waals surface area (Å²) in [7, 11) is 0. The molecule has 7 nitrogen and oxygen atoms in total. The molecule has 0 spiro atoms. The second kappa shape index (κ2) is 8.79. The number of rotatable bonds is 4. The quantitative estimate of drug-likeness (QED) is 0.573. The van der Waals surface area contributed by atoms with Gasteiger partial charge >= 0.3 is 0 Å². The molecule has 3 heterocycles. The van der Waals surface area contributed by atoms with Crippen LogP contribution in [0.2, 0.25) is 5.15 Å². The first-order chi connectivity index (χ1) is 13.7. The molecule has 0 unspecified atom stereocenters. The topological polar surface area (TPSA) is 71.5 Å². The van der Waals surface area contributed by atoms with E-state index in [0.29, 0.717) is 22.8 Å². The molecule has 1 aromatic carbocycles. The molecule has 148 valence electrons. The Hall–Kier alpha value is -2.32. The number of hydrogen-bond acceptors (Lipinski definition) is 6. The lowest BCUT2D eigenvalue weighted by Gasteiger charge is -2.22. The second-order valence-electron chi connectivity index (χ2n) is 6.77. The minimum absolute atomic E-state index is 0.262. The zero-order valence-corrected chi connectivity index (χ0v) is 17.0. The maximum atomic E-state index is 6.21. The van der Waals surface area contributed by atoms with Crippen LogP contribution in [-0.4, -0.2) is 35.0 Å². The van der Waals surface area contributed by atoms with E-state index in [0.717, 1.165) is 36.0 Å². The molecular weight excluding hydrogens is 398 g/mol. The van der Waals surface area contributed by atoms with Crippen LogP contribution >= 0.6 is 23.8 Å². The summed E-state index contributed by atoms with van der Waals surface area (Å²) < 4.78 is 10.7. The molecule has 2 N–H and O–H groups in total. The Balaban J connectivity index is 1.37. The fraction of sp³-hybridized carbons (Fsp3) is 0.421. The van der Waals surface area contributed by atoms with E-state index >= 15 is 0 Å².